The highest BCUT2D eigenvalue weighted by molar-refractivity contribution is 7.89. The summed E-state index contributed by atoms with van der Waals surface area (Å²) in [5.74, 6) is 0.765. The van der Waals surface area contributed by atoms with E-state index in [0.29, 0.717) is 11.4 Å². The van der Waals surface area contributed by atoms with Crippen LogP contribution in [0.5, 0.6) is 0 Å². The van der Waals surface area contributed by atoms with Crippen molar-refractivity contribution in [2.75, 3.05) is 47.3 Å². The van der Waals surface area contributed by atoms with E-state index in [-0.39, 0.29) is 0 Å². The van der Waals surface area contributed by atoms with Gasteiger partial charge in [0.25, 0.3) is 0 Å². The van der Waals surface area contributed by atoms with E-state index in [1.54, 1.807) is 19.2 Å². The number of rotatable bonds is 8. The molecule has 1 aromatic carbocycles. The molecule has 0 aromatic heterocycles. The third-order valence-corrected chi connectivity index (χ3v) is 6.86. The first kappa shape index (κ1) is 22.6. The summed E-state index contributed by atoms with van der Waals surface area (Å²) in [6.07, 6.45) is 6.48. The predicted octanol–water partition coefficient (Wildman–Crippen LogP) is 1.87. The van der Waals surface area contributed by atoms with Gasteiger partial charge in [-0.15, -0.1) is 0 Å². The van der Waals surface area contributed by atoms with Gasteiger partial charge in [0.15, 0.2) is 5.96 Å². The number of likely N-dealkylation sites (tertiary alicyclic amines) is 1. The van der Waals surface area contributed by atoms with Crippen LogP contribution in [0.1, 0.15) is 37.7 Å². The monoisotopic (exact) mass is 409 g/mol. The number of guanidine groups is 1. The van der Waals surface area contributed by atoms with Crippen LogP contribution in [-0.2, 0) is 16.6 Å². The Kier molecular flexibility index (Phi) is 9.21. The van der Waals surface area contributed by atoms with E-state index in [4.69, 9.17) is 0 Å². The molecule has 0 bridgehead atoms. The molecule has 1 saturated heterocycles. The average Bonchev–Trinajstić information content (AvgIpc) is 2.96. The maximum atomic E-state index is 12.1. The molecule has 1 fully saturated rings. The van der Waals surface area contributed by atoms with Gasteiger partial charge in [-0.25, -0.2) is 12.7 Å². The lowest BCUT2D eigenvalue weighted by atomic mass is 10.2. The molecule has 0 unspecified atom stereocenters. The van der Waals surface area contributed by atoms with Crippen molar-refractivity contribution in [3.63, 3.8) is 0 Å². The summed E-state index contributed by atoms with van der Waals surface area (Å²) in [5, 5.41) is 6.64. The van der Waals surface area contributed by atoms with Crippen LogP contribution in [0.2, 0.25) is 0 Å². The van der Waals surface area contributed by atoms with Gasteiger partial charge in [-0.2, -0.15) is 0 Å². The molecule has 1 aliphatic heterocycles. The van der Waals surface area contributed by atoms with Crippen molar-refractivity contribution in [3.05, 3.63) is 29.8 Å². The lowest BCUT2D eigenvalue weighted by Gasteiger charge is -2.20. The van der Waals surface area contributed by atoms with Crippen LogP contribution in [0.3, 0.4) is 0 Å². The summed E-state index contributed by atoms with van der Waals surface area (Å²) < 4.78 is 25.4. The van der Waals surface area contributed by atoms with Crippen LogP contribution in [0.15, 0.2) is 34.2 Å². The first-order chi connectivity index (χ1) is 13.4. The highest BCUT2D eigenvalue weighted by atomic mass is 32.2. The first-order valence-corrected chi connectivity index (χ1v) is 11.6. The fourth-order valence-corrected chi connectivity index (χ4v) is 4.17. The average molecular weight is 410 g/mol. The molecule has 0 aliphatic carbocycles. The molecule has 1 aliphatic rings. The van der Waals surface area contributed by atoms with Gasteiger partial charge in [0.2, 0.25) is 10.0 Å². The Morgan fingerprint density at radius 3 is 2.29 bits per heavy atom. The standard InChI is InChI=1S/C20H35N5O2S/c1-21-20(22-13-8-16-25-14-6-4-5-7-15-25)23-17-18-9-11-19(12-10-18)28(26,27)24(2)3/h9-12H,4-8,13-17H2,1-3H3,(H2,21,22,23). The molecule has 0 radical (unpaired) electrons. The molecule has 2 N–H and O–H groups in total. The smallest absolute Gasteiger partial charge is 0.242 e. The number of benzene rings is 1. The number of sulfonamides is 1. The normalized spacial score (nSPS) is 16.8. The second-order valence-electron chi connectivity index (χ2n) is 7.39. The summed E-state index contributed by atoms with van der Waals surface area (Å²) in [4.78, 5) is 7.13. The van der Waals surface area contributed by atoms with E-state index in [1.807, 2.05) is 12.1 Å². The Labute approximate surface area is 170 Å². The number of nitrogens with one attached hydrogen (secondary N) is 2. The maximum Gasteiger partial charge on any atom is 0.242 e. The van der Waals surface area contributed by atoms with Crippen LogP contribution in [-0.4, -0.2) is 70.9 Å². The highest BCUT2D eigenvalue weighted by Gasteiger charge is 2.16. The second-order valence-corrected chi connectivity index (χ2v) is 9.55. The Bertz CT molecular complexity index is 709. The second kappa shape index (κ2) is 11.4. The lowest BCUT2D eigenvalue weighted by Crippen LogP contribution is -2.38. The van der Waals surface area contributed by atoms with Crippen LogP contribution in [0.25, 0.3) is 0 Å². The molecule has 1 heterocycles. The topological polar surface area (TPSA) is 77.0 Å². The van der Waals surface area contributed by atoms with Gasteiger partial charge in [0.1, 0.15) is 0 Å². The van der Waals surface area contributed by atoms with Gasteiger partial charge >= 0.3 is 0 Å². The Balaban J connectivity index is 1.73. The SMILES string of the molecule is CN=C(NCCCN1CCCCCC1)NCc1ccc(S(=O)(=O)N(C)C)cc1. The van der Waals surface area contributed by atoms with Crippen molar-refractivity contribution < 1.29 is 8.42 Å². The van der Waals surface area contributed by atoms with E-state index < -0.39 is 10.0 Å². The highest BCUT2D eigenvalue weighted by Crippen LogP contribution is 2.14. The van der Waals surface area contributed by atoms with E-state index in [1.165, 1.54) is 57.2 Å². The molecule has 8 heteroatoms. The van der Waals surface area contributed by atoms with Gasteiger partial charge in [0.05, 0.1) is 4.90 Å². The zero-order valence-corrected chi connectivity index (χ0v) is 18.3. The molecule has 0 atom stereocenters. The van der Waals surface area contributed by atoms with Crippen LogP contribution in [0.4, 0.5) is 0 Å². The zero-order chi connectivity index (χ0) is 20.4. The van der Waals surface area contributed by atoms with Crippen LogP contribution >= 0.6 is 0 Å². The third-order valence-electron chi connectivity index (χ3n) is 5.03. The van der Waals surface area contributed by atoms with Crippen LogP contribution < -0.4 is 10.6 Å². The zero-order valence-electron chi connectivity index (χ0n) is 17.4. The molecule has 0 spiro atoms. The maximum absolute atomic E-state index is 12.1. The van der Waals surface area contributed by atoms with Crippen molar-refractivity contribution in [2.45, 2.75) is 43.5 Å². The molecule has 158 valence electrons. The fourth-order valence-electron chi connectivity index (χ4n) is 3.27. The molecular formula is C20H35N5O2S. The van der Waals surface area contributed by atoms with E-state index in [2.05, 4.69) is 20.5 Å². The third kappa shape index (κ3) is 7.07. The largest absolute Gasteiger partial charge is 0.356 e. The number of aliphatic imine (C=N–C) groups is 1. The molecule has 0 amide bonds. The minimum Gasteiger partial charge on any atom is -0.356 e. The summed E-state index contributed by atoms with van der Waals surface area (Å²) in [6.45, 7) is 5.06. The van der Waals surface area contributed by atoms with E-state index in [9.17, 15) is 8.42 Å². The molecule has 1 aromatic rings. The quantitative estimate of drug-likeness (QED) is 0.389. The molecule has 28 heavy (non-hydrogen) atoms. The van der Waals surface area contributed by atoms with Crippen molar-refractivity contribution in [1.29, 1.82) is 0 Å². The summed E-state index contributed by atoms with van der Waals surface area (Å²) in [6, 6.07) is 6.94. The van der Waals surface area contributed by atoms with Gasteiger partial charge in [0, 0.05) is 34.2 Å². The summed E-state index contributed by atoms with van der Waals surface area (Å²) in [5.41, 5.74) is 1.00. The Morgan fingerprint density at radius 1 is 1.07 bits per heavy atom. The minimum absolute atomic E-state index is 0.303. The number of nitrogens with zero attached hydrogens (tertiary/aromatic N) is 3. The molecule has 2 rings (SSSR count). The molecular weight excluding hydrogens is 374 g/mol. The molecule has 0 saturated carbocycles. The van der Waals surface area contributed by atoms with Gasteiger partial charge in [-0.1, -0.05) is 25.0 Å². The lowest BCUT2D eigenvalue weighted by molar-refractivity contribution is 0.282. The van der Waals surface area contributed by atoms with Gasteiger partial charge in [-0.3, -0.25) is 4.99 Å². The Hall–Kier alpha value is -1.64. The fraction of sp³-hybridized carbons (Fsp3) is 0.650. The minimum atomic E-state index is -3.38. The number of hydrogen-bond donors (Lipinski definition) is 2. The van der Waals surface area contributed by atoms with Crippen molar-refractivity contribution in [3.8, 4) is 0 Å². The first-order valence-electron chi connectivity index (χ1n) is 10.1. The summed E-state index contributed by atoms with van der Waals surface area (Å²) in [7, 11) is 1.45. The van der Waals surface area contributed by atoms with Gasteiger partial charge < -0.3 is 15.5 Å². The van der Waals surface area contributed by atoms with Crippen molar-refractivity contribution in [1.82, 2.24) is 19.8 Å². The van der Waals surface area contributed by atoms with Gasteiger partial charge in [-0.05, 0) is 56.6 Å². The van der Waals surface area contributed by atoms with Crippen molar-refractivity contribution >= 4 is 16.0 Å². The van der Waals surface area contributed by atoms with E-state index in [0.717, 1.165) is 31.0 Å². The number of hydrogen-bond acceptors (Lipinski definition) is 4. The van der Waals surface area contributed by atoms with E-state index >= 15 is 0 Å². The predicted molar refractivity (Wildman–Crippen MR) is 115 cm³/mol. The van der Waals surface area contributed by atoms with Crippen molar-refractivity contribution in [2.24, 2.45) is 4.99 Å². The summed E-state index contributed by atoms with van der Waals surface area (Å²) >= 11 is 0. The molecule has 7 nitrogen and oxygen atoms in total. The Morgan fingerprint density at radius 2 is 1.71 bits per heavy atom. The van der Waals surface area contributed by atoms with Crippen LogP contribution in [0, 0.1) is 0 Å².